The highest BCUT2D eigenvalue weighted by atomic mass is 15.1. The maximum atomic E-state index is 8.82. The molecule has 0 aliphatic carbocycles. The second-order valence-corrected chi connectivity index (χ2v) is 4.63. The lowest BCUT2D eigenvalue weighted by Crippen LogP contribution is -2.20. The summed E-state index contributed by atoms with van der Waals surface area (Å²) >= 11 is 0. The number of benzene rings is 1. The first-order chi connectivity index (χ1) is 9.28. The lowest BCUT2D eigenvalue weighted by atomic mass is 10.1. The topological polar surface area (TPSA) is 39.9 Å². The van der Waals surface area contributed by atoms with Crippen molar-refractivity contribution in [3.63, 3.8) is 0 Å². The number of hydrogen-bond acceptors (Lipinski definition) is 3. The second-order valence-electron chi connectivity index (χ2n) is 4.63. The Bertz CT molecular complexity index is 558. The van der Waals surface area contributed by atoms with Crippen molar-refractivity contribution >= 4 is 0 Å². The van der Waals surface area contributed by atoms with Gasteiger partial charge in [-0.25, -0.2) is 4.98 Å². The van der Waals surface area contributed by atoms with Crippen LogP contribution in [0.5, 0.6) is 0 Å². The molecule has 3 nitrogen and oxygen atoms in total. The van der Waals surface area contributed by atoms with Crippen LogP contribution in [0.15, 0.2) is 48.7 Å². The Morgan fingerprint density at radius 3 is 2.68 bits per heavy atom. The first-order valence-electron chi connectivity index (χ1n) is 6.35. The molecule has 1 heterocycles. The molecule has 19 heavy (non-hydrogen) atoms. The molecular formula is C16H17N3. The molecule has 0 saturated heterocycles. The highest BCUT2D eigenvalue weighted by Gasteiger charge is 2.02. The van der Waals surface area contributed by atoms with E-state index < -0.39 is 0 Å². The fraction of sp³-hybridized carbons (Fsp3) is 0.250. The van der Waals surface area contributed by atoms with Gasteiger partial charge in [0.25, 0.3) is 0 Å². The second kappa shape index (κ2) is 6.67. The van der Waals surface area contributed by atoms with Crippen LogP contribution in [0, 0.1) is 11.3 Å². The van der Waals surface area contributed by atoms with Crippen LogP contribution in [-0.2, 0) is 13.0 Å². The van der Waals surface area contributed by atoms with Gasteiger partial charge in [-0.15, -0.1) is 0 Å². The number of aromatic nitrogens is 1. The SMILES string of the molecule is CN(CCc1ccccc1)Cc1ccnc(C#N)c1. The van der Waals surface area contributed by atoms with Gasteiger partial charge in [-0.05, 0) is 36.7 Å². The molecule has 0 unspecified atom stereocenters. The third kappa shape index (κ3) is 4.20. The average molecular weight is 251 g/mol. The minimum atomic E-state index is 0.481. The summed E-state index contributed by atoms with van der Waals surface area (Å²) in [4.78, 5) is 6.23. The molecule has 0 spiro atoms. The Kier molecular flexibility index (Phi) is 4.66. The van der Waals surface area contributed by atoms with E-state index in [4.69, 9.17) is 5.26 Å². The lowest BCUT2D eigenvalue weighted by Gasteiger charge is -2.16. The first-order valence-corrected chi connectivity index (χ1v) is 6.35. The van der Waals surface area contributed by atoms with E-state index in [-0.39, 0.29) is 0 Å². The molecule has 0 radical (unpaired) electrons. The molecule has 0 aliphatic heterocycles. The summed E-state index contributed by atoms with van der Waals surface area (Å²) < 4.78 is 0. The predicted octanol–water partition coefficient (Wildman–Crippen LogP) is 2.63. The standard InChI is InChI=1S/C16H17N3/c1-19(10-8-14-5-3-2-4-6-14)13-15-7-9-18-16(11-15)12-17/h2-7,9,11H,8,10,13H2,1H3. The molecule has 0 N–H and O–H groups in total. The molecule has 0 atom stereocenters. The minimum absolute atomic E-state index is 0.481. The van der Waals surface area contributed by atoms with Gasteiger partial charge in [0.1, 0.15) is 11.8 Å². The Hall–Kier alpha value is -2.18. The van der Waals surface area contributed by atoms with Gasteiger partial charge < -0.3 is 4.90 Å². The van der Waals surface area contributed by atoms with Crippen molar-refractivity contribution in [2.45, 2.75) is 13.0 Å². The molecule has 1 aromatic carbocycles. The molecule has 0 aliphatic rings. The third-order valence-electron chi connectivity index (χ3n) is 3.02. The molecule has 3 heteroatoms. The summed E-state index contributed by atoms with van der Waals surface area (Å²) in [6.45, 7) is 1.83. The molecule has 2 rings (SSSR count). The van der Waals surface area contributed by atoms with Gasteiger partial charge >= 0.3 is 0 Å². The number of hydrogen-bond donors (Lipinski definition) is 0. The summed E-state index contributed by atoms with van der Waals surface area (Å²) in [5.74, 6) is 0. The quantitative estimate of drug-likeness (QED) is 0.820. The van der Waals surface area contributed by atoms with Crippen molar-refractivity contribution in [2.24, 2.45) is 0 Å². The van der Waals surface area contributed by atoms with Crippen LogP contribution in [0.25, 0.3) is 0 Å². The van der Waals surface area contributed by atoms with Gasteiger partial charge in [-0.1, -0.05) is 30.3 Å². The van der Waals surface area contributed by atoms with Crippen LogP contribution in [0.1, 0.15) is 16.8 Å². The van der Waals surface area contributed by atoms with Gasteiger partial charge in [-0.2, -0.15) is 5.26 Å². The van der Waals surface area contributed by atoms with Gasteiger partial charge in [0.05, 0.1) is 0 Å². The normalized spacial score (nSPS) is 10.4. The summed E-state index contributed by atoms with van der Waals surface area (Å²) in [7, 11) is 2.09. The maximum absolute atomic E-state index is 8.82. The van der Waals surface area contributed by atoms with E-state index >= 15 is 0 Å². The van der Waals surface area contributed by atoms with Gasteiger partial charge in [-0.3, -0.25) is 0 Å². The Morgan fingerprint density at radius 1 is 1.16 bits per heavy atom. The van der Waals surface area contributed by atoms with Gasteiger partial charge in [0.15, 0.2) is 0 Å². The van der Waals surface area contributed by atoms with Crippen LogP contribution in [0.4, 0.5) is 0 Å². The molecule has 2 aromatic rings. The van der Waals surface area contributed by atoms with Crippen molar-refractivity contribution in [1.82, 2.24) is 9.88 Å². The zero-order chi connectivity index (χ0) is 13.5. The Balaban J connectivity index is 1.87. The van der Waals surface area contributed by atoms with Crippen molar-refractivity contribution in [3.8, 4) is 6.07 Å². The van der Waals surface area contributed by atoms with Crippen LogP contribution in [-0.4, -0.2) is 23.5 Å². The number of rotatable bonds is 5. The van der Waals surface area contributed by atoms with E-state index in [0.717, 1.165) is 25.1 Å². The molecule has 96 valence electrons. The smallest absolute Gasteiger partial charge is 0.140 e. The minimum Gasteiger partial charge on any atom is -0.302 e. The zero-order valence-electron chi connectivity index (χ0n) is 11.1. The number of nitrogens with zero attached hydrogens (tertiary/aromatic N) is 3. The highest BCUT2D eigenvalue weighted by molar-refractivity contribution is 5.25. The third-order valence-corrected chi connectivity index (χ3v) is 3.02. The van der Waals surface area contributed by atoms with E-state index in [2.05, 4.69) is 47.3 Å². The average Bonchev–Trinajstić information content (AvgIpc) is 2.46. The van der Waals surface area contributed by atoms with Crippen molar-refractivity contribution in [2.75, 3.05) is 13.6 Å². The van der Waals surface area contributed by atoms with Gasteiger partial charge in [0, 0.05) is 19.3 Å². The van der Waals surface area contributed by atoms with E-state index in [1.807, 2.05) is 18.2 Å². The van der Waals surface area contributed by atoms with E-state index in [1.54, 1.807) is 6.20 Å². The highest BCUT2D eigenvalue weighted by Crippen LogP contribution is 2.06. The Morgan fingerprint density at radius 2 is 1.95 bits per heavy atom. The van der Waals surface area contributed by atoms with Crippen LogP contribution < -0.4 is 0 Å². The molecule has 0 bridgehead atoms. The number of pyridine rings is 1. The molecule has 0 amide bonds. The fourth-order valence-electron chi connectivity index (χ4n) is 1.99. The van der Waals surface area contributed by atoms with Crippen LogP contribution in [0.2, 0.25) is 0 Å². The number of likely N-dealkylation sites (N-methyl/N-ethyl adjacent to an activating group) is 1. The maximum Gasteiger partial charge on any atom is 0.140 e. The molecule has 1 aromatic heterocycles. The van der Waals surface area contributed by atoms with Crippen LogP contribution in [0.3, 0.4) is 0 Å². The largest absolute Gasteiger partial charge is 0.302 e. The molecule has 0 fully saturated rings. The summed E-state index contributed by atoms with van der Waals surface area (Å²) in [5.41, 5.74) is 2.96. The van der Waals surface area contributed by atoms with Crippen molar-refractivity contribution in [3.05, 3.63) is 65.5 Å². The summed E-state index contributed by atoms with van der Waals surface area (Å²) in [6.07, 6.45) is 2.73. The van der Waals surface area contributed by atoms with Crippen LogP contribution >= 0.6 is 0 Å². The molecule has 0 saturated carbocycles. The summed E-state index contributed by atoms with van der Waals surface area (Å²) in [6, 6.07) is 16.3. The lowest BCUT2D eigenvalue weighted by molar-refractivity contribution is 0.331. The molecular weight excluding hydrogens is 234 g/mol. The van der Waals surface area contributed by atoms with Gasteiger partial charge in [0.2, 0.25) is 0 Å². The number of nitriles is 1. The van der Waals surface area contributed by atoms with E-state index in [9.17, 15) is 0 Å². The Labute approximate surface area is 114 Å². The van der Waals surface area contributed by atoms with Crippen molar-refractivity contribution < 1.29 is 0 Å². The zero-order valence-corrected chi connectivity index (χ0v) is 11.1. The first kappa shape index (κ1) is 13.3. The monoisotopic (exact) mass is 251 g/mol. The van der Waals surface area contributed by atoms with E-state index in [0.29, 0.717) is 5.69 Å². The fourth-order valence-corrected chi connectivity index (χ4v) is 1.99. The predicted molar refractivity (Wildman–Crippen MR) is 75.4 cm³/mol. The van der Waals surface area contributed by atoms with E-state index in [1.165, 1.54) is 5.56 Å². The summed E-state index contributed by atoms with van der Waals surface area (Å²) in [5, 5.41) is 8.82. The van der Waals surface area contributed by atoms with Crippen molar-refractivity contribution in [1.29, 1.82) is 5.26 Å².